The fourth-order valence-corrected chi connectivity index (χ4v) is 4.29. The topological polar surface area (TPSA) is 74.3 Å². The highest BCUT2D eigenvalue weighted by atomic mass is 16.2. The number of benzene rings is 2. The fraction of sp³-hybridized carbons (Fsp3) is 0.321. The lowest BCUT2D eigenvalue weighted by Gasteiger charge is -2.34. The molecule has 2 heterocycles. The Labute approximate surface area is 201 Å². The molecule has 6 heteroatoms. The van der Waals surface area contributed by atoms with Crippen LogP contribution < -0.4 is 10.6 Å². The second-order valence-corrected chi connectivity index (χ2v) is 9.07. The summed E-state index contributed by atoms with van der Waals surface area (Å²) in [5.74, 6) is -0.198. The summed E-state index contributed by atoms with van der Waals surface area (Å²) in [5.41, 5.74) is 4.21. The fourth-order valence-electron chi connectivity index (χ4n) is 4.29. The minimum absolute atomic E-state index is 0.0529. The van der Waals surface area contributed by atoms with Crippen molar-refractivity contribution in [1.29, 1.82) is 0 Å². The molecule has 6 nitrogen and oxygen atoms in total. The number of carbonyl (C=O) groups is 2. The zero-order chi connectivity index (χ0) is 23.9. The third-order valence-electron chi connectivity index (χ3n) is 6.40. The molecule has 1 saturated heterocycles. The summed E-state index contributed by atoms with van der Waals surface area (Å²) in [5, 5.41) is 6.13. The van der Waals surface area contributed by atoms with E-state index in [2.05, 4.69) is 34.4 Å². The number of carbonyl (C=O) groups excluding carboxylic acids is 2. The van der Waals surface area contributed by atoms with Gasteiger partial charge in [-0.05, 0) is 79.8 Å². The van der Waals surface area contributed by atoms with Crippen molar-refractivity contribution >= 4 is 11.8 Å². The van der Waals surface area contributed by atoms with Crippen molar-refractivity contribution in [3.63, 3.8) is 0 Å². The summed E-state index contributed by atoms with van der Waals surface area (Å²) in [6.07, 6.45) is 5.44. The molecule has 0 bridgehead atoms. The summed E-state index contributed by atoms with van der Waals surface area (Å²) >= 11 is 0. The number of likely N-dealkylation sites (tertiary alicyclic amines) is 1. The van der Waals surface area contributed by atoms with Gasteiger partial charge in [0.25, 0.3) is 11.8 Å². The Balaban J connectivity index is 1.30. The predicted molar refractivity (Wildman–Crippen MR) is 134 cm³/mol. The first kappa shape index (κ1) is 23.6. The first-order valence-electron chi connectivity index (χ1n) is 11.9. The van der Waals surface area contributed by atoms with Gasteiger partial charge in [-0.15, -0.1) is 0 Å². The van der Waals surface area contributed by atoms with Gasteiger partial charge < -0.3 is 15.5 Å². The molecule has 0 aliphatic carbocycles. The van der Waals surface area contributed by atoms with Crippen molar-refractivity contribution in [2.45, 2.75) is 45.3 Å². The zero-order valence-corrected chi connectivity index (χ0v) is 19.8. The van der Waals surface area contributed by atoms with Gasteiger partial charge >= 0.3 is 0 Å². The number of hydrogen-bond donors (Lipinski definition) is 2. The Morgan fingerprint density at radius 1 is 0.912 bits per heavy atom. The van der Waals surface area contributed by atoms with Crippen molar-refractivity contribution < 1.29 is 9.59 Å². The first-order chi connectivity index (χ1) is 16.5. The quantitative estimate of drug-likeness (QED) is 0.557. The van der Waals surface area contributed by atoms with Gasteiger partial charge in [0.1, 0.15) is 0 Å². The molecular weight excluding hydrogens is 424 g/mol. The van der Waals surface area contributed by atoms with E-state index in [1.54, 1.807) is 12.4 Å². The summed E-state index contributed by atoms with van der Waals surface area (Å²) in [7, 11) is 0. The van der Waals surface area contributed by atoms with E-state index in [9.17, 15) is 9.59 Å². The van der Waals surface area contributed by atoms with Crippen LogP contribution in [0.3, 0.4) is 0 Å². The van der Waals surface area contributed by atoms with Crippen LogP contribution in [0.2, 0.25) is 0 Å². The van der Waals surface area contributed by atoms with E-state index >= 15 is 0 Å². The minimum atomic E-state index is -0.145. The molecule has 4 rings (SSSR count). The van der Waals surface area contributed by atoms with Crippen molar-refractivity contribution in [3.05, 3.63) is 89.7 Å². The average Bonchev–Trinajstić information content (AvgIpc) is 2.88. The van der Waals surface area contributed by atoms with Gasteiger partial charge in [-0.3, -0.25) is 14.6 Å². The van der Waals surface area contributed by atoms with E-state index < -0.39 is 0 Å². The Hall–Kier alpha value is -3.51. The lowest BCUT2D eigenvalue weighted by Crippen LogP contribution is -2.46. The van der Waals surface area contributed by atoms with E-state index in [1.165, 1.54) is 0 Å². The highest BCUT2D eigenvalue weighted by Crippen LogP contribution is 2.19. The Morgan fingerprint density at radius 2 is 1.59 bits per heavy atom. The van der Waals surface area contributed by atoms with Crippen LogP contribution in [0.15, 0.2) is 73.1 Å². The minimum Gasteiger partial charge on any atom is -0.349 e. The van der Waals surface area contributed by atoms with Crippen LogP contribution in [0.4, 0.5) is 0 Å². The molecule has 1 aliphatic rings. The number of aromatic nitrogens is 1. The maximum atomic E-state index is 12.8. The van der Waals surface area contributed by atoms with Gasteiger partial charge in [0.15, 0.2) is 0 Å². The van der Waals surface area contributed by atoms with Crippen LogP contribution in [0.5, 0.6) is 0 Å². The number of pyridine rings is 1. The zero-order valence-electron chi connectivity index (χ0n) is 19.8. The molecule has 0 saturated carbocycles. The molecule has 1 aliphatic heterocycles. The number of nitrogens with zero attached hydrogens (tertiary/aromatic N) is 2. The van der Waals surface area contributed by atoms with Gasteiger partial charge in [0.2, 0.25) is 0 Å². The van der Waals surface area contributed by atoms with Crippen LogP contribution in [0.25, 0.3) is 11.1 Å². The van der Waals surface area contributed by atoms with E-state index in [0.29, 0.717) is 23.7 Å². The summed E-state index contributed by atoms with van der Waals surface area (Å²) in [6, 6.07) is 19.6. The monoisotopic (exact) mass is 456 g/mol. The number of rotatable bonds is 7. The van der Waals surface area contributed by atoms with E-state index in [0.717, 1.165) is 42.6 Å². The van der Waals surface area contributed by atoms with Gasteiger partial charge in [-0.1, -0.05) is 24.3 Å². The predicted octanol–water partition coefficient (Wildman–Crippen LogP) is 4.28. The van der Waals surface area contributed by atoms with Gasteiger partial charge in [0.05, 0.1) is 0 Å². The van der Waals surface area contributed by atoms with Crippen LogP contribution in [0.1, 0.15) is 53.0 Å². The van der Waals surface area contributed by atoms with Crippen molar-refractivity contribution in [2.75, 3.05) is 13.1 Å². The highest BCUT2D eigenvalue weighted by molar-refractivity contribution is 5.95. The molecule has 0 spiro atoms. The molecule has 0 unspecified atom stereocenters. The van der Waals surface area contributed by atoms with Crippen LogP contribution >= 0.6 is 0 Å². The normalized spacial score (nSPS) is 14.7. The van der Waals surface area contributed by atoms with Gasteiger partial charge in [-0.25, -0.2) is 0 Å². The molecule has 0 radical (unpaired) electrons. The molecule has 176 valence electrons. The molecule has 1 aromatic heterocycles. The van der Waals surface area contributed by atoms with Crippen LogP contribution in [0, 0.1) is 0 Å². The molecular formula is C28H32N4O2. The van der Waals surface area contributed by atoms with Crippen molar-refractivity contribution in [1.82, 2.24) is 20.5 Å². The highest BCUT2D eigenvalue weighted by Gasteiger charge is 2.22. The second-order valence-electron chi connectivity index (χ2n) is 9.07. The number of amides is 2. The third kappa shape index (κ3) is 6.08. The van der Waals surface area contributed by atoms with Crippen LogP contribution in [-0.4, -0.2) is 46.9 Å². The van der Waals surface area contributed by atoms with E-state index in [1.807, 2.05) is 60.7 Å². The maximum Gasteiger partial charge on any atom is 0.251 e. The number of piperidine rings is 1. The molecule has 34 heavy (non-hydrogen) atoms. The van der Waals surface area contributed by atoms with E-state index in [4.69, 9.17) is 0 Å². The van der Waals surface area contributed by atoms with E-state index in [-0.39, 0.29) is 17.9 Å². The molecule has 3 aromatic rings. The van der Waals surface area contributed by atoms with Crippen molar-refractivity contribution in [3.8, 4) is 11.1 Å². The Morgan fingerprint density at radius 3 is 2.26 bits per heavy atom. The smallest absolute Gasteiger partial charge is 0.251 e. The van der Waals surface area contributed by atoms with Gasteiger partial charge in [0, 0.05) is 55.2 Å². The average molecular weight is 457 g/mol. The Bertz CT molecular complexity index is 1100. The summed E-state index contributed by atoms with van der Waals surface area (Å²) in [6.45, 7) is 6.80. The lowest BCUT2D eigenvalue weighted by atomic mass is 10.0. The molecule has 0 atom stereocenters. The summed E-state index contributed by atoms with van der Waals surface area (Å²) in [4.78, 5) is 31.9. The Kier molecular flexibility index (Phi) is 7.70. The van der Waals surface area contributed by atoms with Crippen molar-refractivity contribution in [2.24, 2.45) is 0 Å². The first-order valence-corrected chi connectivity index (χ1v) is 11.9. The van der Waals surface area contributed by atoms with Gasteiger partial charge in [-0.2, -0.15) is 0 Å². The molecule has 1 fully saturated rings. The molecule has 2 aromatic carbocycles. The third-order valence-corrected chi connectivity index (χ3v) is 6.40. The molecule has 2 N–H and O–H groups in total. The summed E-state index contributed by atoms with van der Waals surface area (Å²) < 4.78 is 0. The maximum absolute atomic E-state index is 12.8. The number of nitrogens with one attached hydrogen (secondary N) is 2. The lowest BCUT2D eigenvalue weighted by molar-refractivity contribution is 0.0900. The molecule has 2 amide bonds. The number of hydrogen-bond acceptors (Lipinski definition) is 4. The largest absolute Gasteiger partial charge is 0.349 e. The second kappa shape index (κ2) is 11.1. The van der Waals surface area contributed by atoms with Crippen LogP contribution in [-0.2, 0) is 6.54 Å². The SMILES string of the molecule is CC(C)N1CCC(NC(=O)c2cccc(CNC(=O)c3ccc(-c4ccncc4)cc3)c2)CC1. The standard InChI is InChI=1S/C28H32N4O2/c1-20(2)32-16-12-26(13-17-32)31-28(34)25-5-3-4-21(18-25)19-30-27(33)24-8-6-22(7-9-24)23-10-14-29-15-11-23/h3-11,14-15,18,20,26H,12-13,16-17,19H2,1-2H3,(H,30,33)(H,31,34).